The quantitative estimate of drug-likeness (QED) is 0.108. The maximum atomic E-state index is 13.0. The van der Waals surface area contributed by atoms with Crippen LogP contribution >= 0.6 is 11.8 Å². The molecule has 1 aromatic carbocycles. The number of aromatic nitrogens is 1. The number of aromatic amines is 1. The molecule has 186 valence electrons. The number of nitrogens with zero attached hydrogens (tertiary/aromatic N) is 1. The fourth-order valence-corrected chi connectivity index (χ4v) is 3.90. The Bertz CT molecular complexity index is 1010. The van der Waals surface area contributed by atoms with E-state index in [4.69, 9.17) is 17.2 Å². The van der Waals surface area contributed by atoms with Gasteiger partial charge in [-0.1, -0.05) is 18.2 Å². The summed E-state index contributed by atoms with van der Waals surface area (Å²) in [5.74, 6) is -1.66. The molecule has 0 spiro atoms. The van der Waals surface area contributed by atoms with Crippen LogP contribution in [0.5, 0.6) is 0 Å². The van der Waals surface area contributed by atoms with Crippen molar-refractivity contribution < 1.29 is 19.5 Å². The molecule has 0 saturated heterocycles. The fraction of sp³-hybridized carbons (Fsp3) is 0.455. The molecule has 3 atom stereocenters. The number of benzene rings is 1. The number of rotatable bonds is 14. The van der Waals surface area contributed by atoms with Gasteiger partial charge in [-0.15, -0.1) is 0 Å². The lowest BCUT2D eigenvalue weighted by Gasteiger charge is -2.23. The van der Waals surface area contributed by atoms with Gasteiger partial charge in [0.1, 0.15) is 12.1 Å². The topological polar surface area (TPSA) is 202 Å². The standard InChI is InChI=1S/C22H33N7O4S/c1-34-10-8-17(28-19(30)15(23)6-4-9-26-22(24)25)20(31)29-18(21(32)33)11-13-12-27-16-7-3-2-5-14(13)16/h2-3,5,7,12,15,17-18,27H,4,6,8-11,23H2,1H3,(H,28,30)(H,29,31)(H,32,33)(H4,24,25,26). The smallest absolute Gasteiger partial charge is 0.326 e. The molecule has 0 fully saturated rings. The highest BCUT2D eigenvalue weighted by Gasteiger charge is 2.28. The SMILES string of the molecule is CSCCC(NC(=O)C(N)CCCN=C(N)N)C(=O)NC(Cc1c[nH]c2ccccc12)C(=O)O. The van der Waals surface area contributed by atoms with E-state index in [2.05, 4.69) is 20.6 Å². The number of guanidine groups is 1. The van der Waals surface area contributed by atoms with Gasteiger partial charge in [0.15, 0.2) is 5.96 Å². The summed E-state index contributed by atoms with van der Waals surface area (Å²) in [7, 11) is 0. The lowest BCUT2D eigenvalue weighted by molar-refractivity contribution is -0.142. The number of amides is 2. The predicted molar refractivity (Wildman–Crippen MR) is 134 cm³/mol. The summed E-state index contributed by atoms with van der Waals surface area (Å²) >= 11 is 1.51. The van der Waals surface area contributed by atoms with Crippen LogP contribution in [0.4, 0.5) is 0 Å². The number of thioether (sulfide) groups is 1. The molecule has 10 N–H and O–H groups in total. The highest BCUT2D eigenvalue weighted by atomic mass is 32.2. The van der Waals surface area contributed by atoms with E-state index in [0.29, 0.717) is 31.6 Å². The lowest BCUT2D eigenvalue weighted by atomic mass is 10.0. The third-order valence-electron chi connectivity index (χ3n) is 5.26. The first-order valence-electron chi connectivity index (χ1n) is 10.9. The van der Waals surface area contributed by atoms with Crippen LogP contribution in [0.15, 0.2) is 35.5 Å². The highest BCUT2D eigenvalue weighted by Crippen LogP contribution is 2.19. The first-order valence-corrected chi connectivity index (χ1v) is 12.3. The van der Waals surface area contributed by atoms with Gasteiger partial charge in [0.2, 0.25) is 11.8 Å². The van der Waals surface area contributed by atoms with Gasteiger partial charge in [-0.2, -0.15) is 11.8 Å². The maximum Gasteiger partial charge on any atom is 0.326 e. The molecule has 11 nitrogen and oxygen atoms in total. The Labute approximate surface area is 202 Å². The number of carboxylic acid groups (broad SMARTS) is 1. The van der Waals surface area contributed by atoms with E-state index in [0.717, 1.165) is 16.5 Å². The van der Waals surface area contributed by atoms with Crippen molar-refractivity contribution >= 4 is 46.4 Å². The van der Waals surface area contributed by atoms with Crippen LogP contribution < -0.4 is 27.8 Å². The largest absolute Gasteiger partial charge is 0.480 e. The van der Waals surface area contributed by atoms with E-state index < -0.39 is 35.9 Å². The predicted octanol–water partition coefficient (Wildman–Crippen LogP) is -0.101. The Morgan fingerprint density at radius 1 is 1.12 bits per heavy atom. The number of H-pyrrole nitrogens is 1. The van der Waals surface area contributed by atoms with Gasteiger partial charge >= 0.3 is 5.97 Å². The molecule has 1 heterocycles. The summed E-state index contributed by atoms with van der Waals surface area (Å²) in [5, 5.41) is 15.8. The van der Waals surface area contributed by atoms with E-state index in [1.54, 1.807) is 6.20 Å². The Kier molecular flexibility index (Phi) is 10.7. The molecule has 0 saturated carbocycles. The Morgan fingerprint density at radius 3 is 2.50 bits per heavy atom. The zero-order valence-corrected chi connectivity index (χ0v) is 19.9. The summed E-state index contributed by atoms with van der Waals surface area (Å²) in [4.78, 5) is 44.3. The van der Waals surface area contributed by atoms with Crippen LogP contribution in [0.3, 0.4) is 0 Å². The van der Waals surface area contributed by atoms with E-state index >= 15 is 0 Å². The molecule has 2 amide bonds. The van der Waals surface area contributed by atoms with Crippen LogP contribution in [0.2, 0.25) is 0 Å². The number of hydrogen-bond donors (Lipinski definition) is 7. The monoisotopic (exact) mass is 491 g/mol. The molecule has 0 aliphatic rings. The summed E-state index contributed by atoms with van der Waals surface area (Å²) in [5.41, 5.74) is 18.1. The number of nitrogens with two attached hydrogens (primary N) is 3. The molecule has 12 heteroatoms. The molecular formula is C22H33N7O4S. The second-order valence-corrected chi connectivity index (χ2v) is 8.85. The molecule has 34 heavy (non-hydrogen) atoms. The van der Waals surface area contributed by atoms with Crippen molar-refractivity contribution in [2.75, 3.05) is 18.6 Å². The fourth-order valence-electron chi connectivity index (χ4n) is 3.43. The van der Waals surface area contributed by atoms with Crippen LogP contribution in [-0.2, 0) is 20.8 Å². The lowest BCUT2D eigenvalue weighted by Crippen LogP contribution is -2.55. The number of fused-ring (bicyclic) bond motifs is 1. The average molecular weight is 492 g/mol. The number of hydrogen-bond acceptors (Lipinski definition) is 6. The summed E-state index contributed by atoms with van der Waals surface area (Å²) < 4.78 is 0. The molecule has 2 rings (SSSR count). The third kappa shape index (κ3) is 8.27. The Balaban J connectivity index is 2.03. The van der Waals surface area contributed by atoms with Crippen LogP contribution in [0.1, 0.15) is 24.8 Å². The van der Waals surface area contributed by atoms with Crippen LogP contribution in [0.25, 0.3) is 10.9 Å². The van der Waals surface area contributed by atoms with E-state index in [9.17, 15) is 19.5 Å². The Hall–Kier alpha value is -3.25. The molecule has 1 aromatic heterocycles. The molecule has 3 unspecified atom stereocenters. The zero-order chi connectivity index (χ0) is 25.1. The van der Waals surface area contributed by atoms with Gasteiger partial charge in [0, 0.05) is 30.1 Å². The number of carbonyl (C=O) groups is 3. The average Bonchev–Trinajstić information content (AvgIpc) is 3.21. The van der Waals surface area contributed by atoms with E-state index in [1.807, 2.05) is 30.5 Å². The number of aliphatic imine (C=N–C) groups is 1. The Morgan fingerprint density at radius 2 is 1.82 bits per heavy atom. The van der Waals surface area contributed by atoms with E-state index in [-0.39, 0.29) is 12.4 Å². The molecule has 0 radical (unpaired) electrons. The van der Waals surface area contributed by atoms with Crippen molar-refractivity contribution in [2.45, 2.75) is 43.8 Å². The van der Waals surface area contributed by atoms with Gasteiger partial charge in [-0.05, 0) is 42.9 Å². The van der Waals surface area contributed by atoms with E-state index in [1.165, 1.54) is 11.8 Å². The number of carbonyl (C=O) groups excluding carboxylic acids is 2. The molecule has 2 aromatic rings. The second-order valence-electron chi connectivity index (χ2n) is 7.86. The van der Waals surface area contributed by atoms with Crippen LogP contribution in [0, 0.1) is 0 Å². The zero-order valence-electron chi connectivity index (χ0n) is 19.1. The van der Waals surface area contributed by atoms with Crippen molar-refractivity contribution in [2.24, 2.45) is 22.2 Å². The number of carboxylic acids is 1. The number of para-hydroxylation sites is 1. The first-order chi connectivity index (χ1) is 16.2. The molecule has 0 aliphatic heterocycles. The van der Waals surface area contributed by atoms with Gasteiger partial charge in [-0.3, -0.25) is 14.6 Å². The van der Waals surface area contributed by atoms with Gasteiger partial charge in [0.25, 0.3) is 0 Å². The van der Waals surface area contributed by atoms with Crippen molar-refractivity contribution in [3.63, 3.8) is 0 Å². The van der Waals surface area contributed by atoms with Crippen molar-refractivity contribution in [3.05, 3.63) is 36.0 Å². The number of aliphatic carboxylic acids is 1. The van der Waals surface area contributed by atoms with Gasteiger partial charge in [0.05, 0.1) is 6.04 Å². The van der Waals surface area contributed by atoms with Crippen LogP contribution in [-0.4, -0.2) is 70.5 Å². The van der Waals surface area contributed by atoms with Gasteiger partial charge < -0.3 is 37.9 Å². The van der Waals surface area contributed by atoms with Gasteiger partial charge in [-0.25, -0.2) is 4.79 Å². The summed E-state index contributed by atoms with van der Waals surface area (Å²) in [6.45, 7) is 0.341. The van der Waals surface area contributed by atoms with Crippen molar-refractivity contribution in [1.82, 2.24) is 15.6 Å². The molecular weight excluding hydrogens is 458 g/mol. The summed E-state index contributed by atoms with van der Waals surface area (Å²) in [6, 6.07) is 4.61. The summed E-state index contributed by atoms with van der Waals surface area (Å²) in [6.07, 6.45) is 4.87. The maximum absolute atomic E-state index is 13.0. The number of nitrogens with one attached hydrogen (secondary N) is 3. The highest BCUT2D eigenvalue weighted by molar-refractivity contribution is 7.98. The normalized spacial score (nSPS) is 13.6. The van der Waals surface area contributed by atoms with Crippen molar-refractivity contribution in [1.29, 1.82) is 0 Å². The molecule has 0 aliphatic carbocycles. The first kappa shape index (κ1) is 27.0. The second kappa shape index (κ2) is 13.5. The van der Waals surface area contributed by atoms with Crippen molar-refractivity contribution in [3.8, 4) is 0 Å². The minimum atomic E-state index is -1.16. The minimum Gasteiger partial charge on any atom is -0.480 e. The molecule has 0 bridgehead atoms. The third-order valence-corrected chi connectivity index (χ3v) is 5.91. The minimum absolute atomic E-state index is 0.0348.